The van der Waals surface area contributed by atoms with Crippen molar-refractivity contribution in [1.82, 2.24) is 0 Å². The zero-order valence-electron chi connectivity index (χ0n) is 13.2. The quantitative estimate of drug-likeness (QED) is 0.818. The number of hydrogen-bond acceptors (Lipinski definition) is 5. The lowest BCUT2D eigenvalue weighted by molar-refractivity contribution is 0.347. The van der Waals surface area contributed by atoms with Gasteiger partial charge in [0.25, 0.3) is 0 Å². The van der Waals surface area contributed by atoms with Crippen LogP contribution in [0.4, 0.5) is 0 Å². The third kappa shape index (κ3) is 4.07. The molecule has 0 atom stereocenters. The van der Waals surface area contributed by atoms with Crippen molar-refractivity contribution >= 4 is 17.8 Å². The lowest BCUT2D eigenvalue weighted by atomic mass is 10.1. The Labute approximate surface area is 140 Å². The highest BCUT2D eigenvalue weighted by Crippen LogP contribution is 2.35. The van der Waals surface area contributed by atoms with Crippen molar-refractivity contribution in [3.8, 4) is 23.0 Å². The van der Waals surface area contributed by atoms with Gasteiger partial charge in [-0.25, -0.2) is 0 Å². The summed E-state index contributed by atoms with van der Waals surface area (Å²) in [7, 11) is 4.72. The number of phenols is 1. The molecule has 0 heterocycles. The van der Waals surface area contributed by atoms with Crippen LogP contribution in [-0.4, -0.2) is 32.7 Å². The molecule has 1 N–H and O–H groups in total. The largest absolute Gasteiger partial charge is 0.507 e. The molecule has 0 spiro atoms. The molecule has 122 valence electrons. The molecule has 0 fully saturated rings. The highest BCUT2D eigenvalue weighted by atomic mass is 35.5. The standard InChI is InChI=1S/C17H18ClNO4/c1-21-15-8-17(23-3)16(22-2)7-12(15)10-19-9-11-6-13(18)4-5-14(11)20/h4-9,20H,10H2,1-3H3. The monoisotopic (exact) mass is 335 g/mol. The number of phenolic OH excluding ortho intramolecular Hbond substituents is 1. The van der Waals surface area contributed by atoms with Crippen LogP contribution in [0.25, 0.3) is 0 Å². The average molecular weight is 336 g/mol. The zero-order valence-corrected chi connectivity index (χ0v) is 13.9. The number of methoxy groups -OCH3 is 3. The number of ether oxygens (including phenoxy) is 3. The van der Waals surface area contributed by atoms with Gasteiger partial charge in [-0.2, -0.15) is 0 Å². The molecule has 0 aliphatic rings. The van der Waals surface area contributed by atoms with Crippen molar-refractivity contribution in [1.29, 1.82) is 0 Å². The maximum atomic E-state index is 9.77. The van der Waals surface area contributed by atoms with Gasteiger partial charge in [-0.15, -0.1) is 0 Å². The average Bonchev–Trinajstić information content (AvgIpc) is 2.57. The van der Waals surface area contributed by atoms with Gasteiger partial charge in [-0.3, -0.25) is 4.99 Å². The molecule has 0 unspecified atom stereocenters. The predicted molar refractivity (Wildman–Crippen MR) is 90.5 cm³/mol. The van der Waals surface area contributed by atoms with E-state index in [1.165, 1.54) is 6.07 Å². The van der Waals surface area contributed by atoms with Crippen LogP contribution in [0.5, 0.6) is 23.0 Å². The van der Waals surface area contributed by atoms with E-state index in [2.05, 4.69) is 4.99 Å². The Kier molecular flexibility index (Phi) is 5.71. The Morgan fingerprint density at radius 2 is 1.65 bits per heavy atom. The Bertz CT molecular complexity index is 716. The first kappa shape index (κ1) is 17.0. The van der Waals surface area contributed by atoms with Gasteiger partial charge in [0, 0.05) is 28.4 Å². The van der Waals surface area contributed by atoms with Crippen LogP contribution in [0, 0.1) is 0 Å². The molecule has 0 aliphatic heterocycles. The lowest BCUT2D eigenvalue weighted by Crippen LogP contribution is -1.97. The number of halogens is 1. The molecule has 23 heavy (non-hydrogen) atoms. The smallest absolute Gasteiger partial charge is 0.164 e. The van der Waals surface area contributed by atoms with Crippen molar-refractivity contribution in [3.05, 3.63) is 46.5 Å². The van der Waals surface area contributed by atoms with Gasteiger partial charge in [0.15, 0.2) is 11.5 Å². The fourth-order valence-corrected chi connectivity index (χ4v) is 2.27. The Hall–Kier alpha value is -2.40. The first-order chi connectivity index (χ1) is 11.1. The van der Waals surface area contributed by atoms with E-state index in [1.54, 1.807) is 45.7 Å². The Morgan fingerprint density at radius 3 is 2.30 bits per heavy atom. The minimum absolute atomic E-state index is 0.123. The van der Waals surface area contributed by atoms with Crippen molar-refractivity contribution < 1.29 is 19.3 Å². The van der Waals surface area contributed by atoms with E-state index in [1.807, 2.05) is 6.07 Å². The van der Waals surface area contributed by atoms with Crippen LogP contribution in [0.3, 0.4) is 0 Å². The van der Waals surface area contributed by atoms with E-state index < -0.39 is 0 Å². The maximum Gasteiger partial charge on any atom is 0.164 e. The van der Waals surface area contributed by atoms with Crippen molar-refractivity contribution in [3.63, 3.8) is 0 Å². The molecule has 0 radical (unpaired) electrons. The Morgan fingerprint density at radius 1 is 1.00 bits per heavy atom. The van der Waals surface area contributed by atoms with E-state index in [4.69, 9.17) is 25.8 Å². The van der Waals surface area contributed by atoms with Crippen LogP contribution in [0.1, 0.15) is 11.1 Å². The van der Waals surface area contributed by atoms with Crippen molar-refractivity contribution in [2.24, 2.45) is 4.99 Å². The highest BCUT2D eigenvalue weighted by molar-refractivity contribution is 6.30. The minimum atomic E-state index is 0.123. The summed E-state index contributed by atoms with van der Waals surface area (Å²) in [6.07, 6.45) is 1.57. The molecule has 2 aromatic carbocycles. The first-order valence-corrected chi connectivity index (χ1v) is 7.24. The SMILES string of the molecule is COc1cc(OC)c(OC)cc1CN=Cc1cc(Cl)ccc1O. The van der Waals surface area contributed by atoms with Gasteiger partial charge in [0.1, 0.15) is 11.5 Å². The van der Waals surface area contributed by atoms with Crippen molar-refractivity contribution in [2.45, 2.75) is 6.54 Å². The van der Waals surface area contributed by atoms with Crippen molar-refractivity contribution in [2.75, 3.05) is 21.3 Å². The van der Waals surface area contributed by atoms with E-state index in [-0.39, 0.29) is 5.75 Å². The Balaban J connectivity index is 2.25. The second-order valence-corrected chi connectivity index (χ2v) is 5.13. The summed E-state index contributed by atoms with van der Waals surface area (Å²) >= 11 is 5.91. The second-order valence-electron chi connectivity index (χ2n) is 4.69. The van der Waals surface area contributed by atoms with Crippen LogP contribution in [0.2, 0.25) is 5.02 Å². The highest BCUT2D eigenvalue weighted by Gasteiger charge is 2.11. The van der Waals surface area contributed by atoms with E-state index in [0.29, 0.717) is 34.4 Å². The number of aromatic hydroxyl groups is 1. The summed E-state index contributed by atoms with van der Waals surface area (Å²) in [6.45, 7) is 0.357. The molecule has 0 saturated heterocycles. The number of benzene rings is 2. The third-order valence-corrected chi connectivity index (χ3v) is 3.50. The molecule has 5 nitrogen and oxygen atoms in total. The molecule has 0 saturated carbocycles. The molecule has 2 aromatic rings. The van der Waals surface area contributed by atoms with E-state index >= 15 is 0 Å². The predicted octanol–water partition coefficient (Wildman–Crippen LogP) is 3.69. The van der Waals surface area contributed by atoms with Crippen LogP contribution in [0.15, 0.2) is 35.3 Å². The van der Waals surface area contributed by atoms with E-state index in [9.17, 15) is 5.11 Å². The molecule has 0 aliphatic carbocycles. The van der Waals surface area contributed by atoms with Gasteiger partial charge in [0.05, 0.1) is 27.9 Å². The third-order valence-electron chi connectivity index (χ3n) is 3.27. The molecule has 2 rings (SSSR count). The molecular weight excluding hydrogens is 318 g/mol. The zero-order chi connectivity index (χ0) is 16.8. The van der Waals surface area contributed by atoms with Gasteiger partial charge in [-0.05, 0) is 24.3 Å². The number of hydrogen-bond donors (Lipinski definition) is 1. The molecule has 6 heteroatoms. The number of aliphatic imine (C=N–C) groups is 1. The lowest BCUT2D eigenvalue weighted by Gasteiger charge is -2.12. The van der Waals surface area contributed by atoms with Gasteiger partial charge in [0.2, 0.25) is 0 Å². The summed E-state index contributed by atoms with van der Waals surface area (Å²) < 4.78 is 15.9. The number of nitrogens with zero attached hydrogens (tertiary/aromatic N) is 1. The fourth-order valence-electron chi connectivity index (χ4n) is 2.09. The fraction of sp³-hybridized carbons (Fsp3) is 0.235. The summed E-state index contributed by atoms with van der Waals surface area (Å²) in [5.41, 5.74) is 1.39. The van der Waals surface area contributed by atoms with Crippen LogP contribution >= 0.6 is 11.6 Å². The first-order valence-electron chi connectivity index (χ1n) is 6.86. The summed E-state index contributed by atoms with van der Waals surface area (Å²) in [5.74, 6) is 1.96. The molecule has 0 aromatic heterocycles. The summed E-state index contributed by atoms with van der Waals surface area (Å²) in [5, 5.41) is 10.3. The molecule has 0 amide bonds. The van der Waals surface area contributed by atoms with Gasteiger partial charge < -0.3 is 19.3 Å². The number of rotatable bonds is 6. The minimum Gasteiger partial charge on any atom is -0.507 e. The van der Waals surface area contributed by atoms with Crippen LogP contribution < -0.4 is 14.2 Å². The van der Waals surface area contributed by atoms with Gasteiger partial charge >= 0.3 is 0 Å². The topological polar surface area (TPSA) is 60.3 Å². The van der Waals surface area contributed by atoms with Crippen LogP contribution in [-0.2, 0) is 6.54 Å². The molecule has 0 bridgehead atoms. The normalized spacial score (nSPS) is 10.8. The molecular formula is C17H18ClNO4. The summed E-state index contributed by atoms with van der Waals surface area (Å²) in [6, 6.07) is 8.35. The maximum absolute atomic E-state index is 9.77. The summed E-state index contributed by atoms with van der Waals surface area (Å²) in [4.78, 5) is 4.33. The second kappa shape index (κ2) is 7.74. The van der Waals surface area contributed by atoms with Gasteiger partial charge in [-0.1, -0.05) is 11.6 Å². The van der Waals surface area contributed by atoms with E-state index in [0.717, 1.165) is 5.56 Å².